The van der Waals surface area contributed by atoms with Crippen LogP contribution >= 0.6 is 0 Å². The summed E-state index contributed by atoms with van der Waals surface area (Å²) in [5, 5.41) is 3.10. The number of aromatic nitrogens is 2. The molecular formula is C14H23N3O2. The van der Waals surface area contributed by atoms with Gasteiger partial charge in [0.2, 0.25) is 0 Å². The Hall–Kier alpha value is -1.20. The number of nitrogens with one attached hydrogen (secondary N) is 1. The van der Waals surface area contributed by atoms with Gasteiger partial charge < -0.3 is 14.8 Å². The Morgan fingerprint density at radius 2 is 2.05 bits per heavy atom. The lowest BCUT2D eigenvalue weighted by atomic mass is 10.0. The van der Waals surface area contributed by atoms with Crippen LogP contribution in [0.5, 0.6) is 6.01 Å². The molecular weight excluding hydrogens is 242 g/mol. The first-order chi connectivity index (χ1) is 9.08. The van der Waals surface area contributed by atoms with Crippen LogP contribution in [0, 0.1) is 6.92 Å². The predicted molar refractivity (Wildman–Crippen MR) is 73.2 cm³/mol. The molecule has 2 unspecified atom stereocenters. The zero-order valence-electron chi connectivity index (χ0n) is 12.1. The molecule has 1 N–H and O–H groups in total. The van der Waals surface area contributed by atoms with Gasteiger partial charge >= 0.3 is 6.01 Å². The first-order valence-corrected chi connectivity index (χ1v) is 6.87. The molecule has 5 nitrogen and oxygen atoms in total. The largest absolute Gasteiger partial charge is 0.460 e. The first kappa shape index (κ1) is 14.2. The van der Waals surface area contributed by atoms with Crippen LogP contribution in [0.4, 0.5) is 0 Å². The minimum atomic E-state index is 0.147. The van der Waals surface area contributed by atoms with Crippen LogP contribution < -0.4 is 10.1 Å². The van der Waals surface area contributed by atoms with Crippen molar-refractivity contribution in [1.29, 1.82) is 0 Å². The smallest absolute Gasteiger partial charge is 0.316 e. The Bertz CT molecular complexity index is 415. The Labute approximate surface area is 114 Å². The SMILES string of the molecule is CNCc1cnc(OC2CC(C)OC(C)C2)nc1C. The summed E-state index contributed by atoms with van der Waals surface area (Å²) in [6.07, 6.45) is 4.24. The third-order valence-corrected chi connectivity index (χ3v) is 3.35. The normalized spacial score (nSPS) is 27.3. The number of hydrogen-bond acceptors (Lipinski definition) is 5. The van der Waals surface area contributed by atoms with Gasteiger partial charge in [-0.2, -0.15) is 0 Å². The first-order valence-electron chi connectivity index (χ1n) is 6.87. The van der Waals surface area contributed by atoms with Crippen molar-refractivity contribution < 1.29 is 9.47 Å². The van der Waals surface area contributed by atoms with E-state index in [-0.39, 0.29) is 18.3 Å². The van der Waals surface area contributed by atoms with Crippen LogP contribution in [0.2, 0.25) is 0 Å². The van der Waals surface area contributed by atoms with Gasteiger partial charge in [-0.25, -0.2) is 9.97 Å². The molecule has 1 aliphatic heterocycles. The summed E-state index contributed by atoms with van der Waals surface area (Å²) >= 11 is 0. The van der Waals surface area contributed by atoms with Gasteiger partial charge in [-0.05, 0) is 27.8 Å². The van der Waals surface area contributed by atoms with Gasteiger partial charge in [0, 0.05) is 36.8 Å². The van der Waals surface area contributed by atoms with E-state index in [2.05, 4.69) is 29.1 Å². The molecule has 106 valence electrons. The lowest BCUT2D eigenvalue weighted by molar-refractivity contribution is -0.0739. The van der Waals surface area contributed by atoms with Crippen molar-refractivity contribution in [3.8, 4) is 6.01 Å². The number of hydrogen-bond donors (Lipinski definition) is 1. The minimum absolute atomic E-state index is 0.147. The molecule has 1 fully saturated rings. The molecule has 2 rings (SSSR count). The second kappa shape index (κ2) is 6.30. The molecule has 1 aliphatic rings. The van der Waals surface area contributed by atoms with Crippen LogP contribution in [0.1, 0.15) is 37.9 Å². The van der Waals surface area contributed by atoms with Crippen molar-refractivity contribution in [2.75, 3.05) is 7.05 Å². The van der Waals surface area contributed by atoms with Crippen LogP contribution in [0.3, 0.4) is 0 Å². The number of nitrogens with zero attached hydrogens (tertiary/aromatic N) is 2. The van der Waals surface area contributed by atoms with Crippen molar-refractivity contribution >= 4 is 0 Å². The topological polar surface area (TPSA) is 56.3 Å². The van der Waals surface area contributed by atoms with Gasteiger partial charge in [-0.3, -0.25) is 0 Å². The molecule has 0 aliphatic carbocycles. The van der Waals surface area contributed by atoms with E-state index >= 15 is 0 Å². The molecule has 0 bridgehead atoms. The zero-order chi connectivity index (χ0) is 13.8. The average Bonchev–Trinajstić information content (AvgIpc) is 2.31. The maximum atomic E-state index is 5.89. The minimum Gasteiger partial charge on any atom is -0.460 e. The van der Waals surface area contributed by atoms with E-state index in [0.717, 1.165) is 30.6 Å². The van der Waals surface area contributed by atoms with Gasteiger partial charge in [0.15, 0.2) is 0 Å². The van der Waals surface area contributed by atoms with E-state index < -0.39 is 0 Å². The highest BCUT2D eigenvalue weighted by atomic mass is 16.5. The Morgan fingerprint density at radius 3 is 2.63 bits per heavy atom. The summed E-state index contributed by atoms with van der Waals surface area (Å²) in [5.41, 5.74) is 2.07. The van der Waals surface area contributed by atoms with E-state index in [1.165, 1.54) is 0 Å². The quantitative estimate of drug-likeness (QED) is 0.900. The highest BCUT2D eigenvalue weighted by Crippen LogP contribution is 2.22. The number of rotatable bonds is 4. The lowest BCUT2D eigenvalue weighted by Gasteiger charge is -2.31. The molecule has 5 heteroatoms. The Balaban J connectivity index is 2.00. The van der Waals surface area contributed by atoms with Gasteiger partial charge in [0.1, 0.15) is 6.10 Å². The van der Waals surface area contributed by atoms with Gasteiger partial charge in [-0.15, -0.1) is 0 Å². The summed E-state index contributed by atoms with van der Waals surface area (Å²) < 4.78 is 11.6. The molecule has 2 heterocycles. The van der Waals surface area contributed by atoms with E-state index in [1.54, 1.807) is 0 Å². The van der Waals surface area contributed by atoms with E-state index in [4.69, 9.17) is 9.47 Å². The molecule has 0 amide bonds. The third kappa shape index (κ3) is 3.88. The molecule has 0 radical (unpaired) electrons. The van der Waals surface area contributed by atoms with Crippen molar-refractivity contribution in [3.63, 3.8) is 0 Å². The summed E-state index contributed by atoms with van der Waals surface area (Å²) in [5.74, 6) is 0. The number of ether oxygens (including phenoxy) is 2. The zero-order valence-corrected chi connectivity index (χ0v) is 12.1. The van der Waals surface area contributed by atoms with Crippen LogP contribution in [0.25, 0.3) is 0 Å². The van der Waals surface area contributed by atoms with Crippen molar-refractivity contribution in [3.05, 3.63) is 17.5 Å². The second-order valence-electron chi connectivity index (χ2n) is 5.26. The van der Waals surface area contributed by atoms with Crippen molar-refractivity contribution in [1.82, 2.24) is 15.3 Å². The maximum absolute atomic E-state index is 5.89. The summed E-state index contributed by atoms with van der Waals surface area (Å²) in [7, 11) is 1.91. The molecule has 2 atom stereocenters. The van der Waals surface area contributed by atoms with Crippen LogP contribution in [-0.2, 0) is 11.3 Å². The van der Waals surface area contributed by atoms with Crippen LogP contribution in [-0.4, -0.2) is 35.3 Å². The molecule has 0 aromatic carbocycles. The molecule has 1 aromatic heterocycles. The van der Waals surface area contributed by atoms with Crippen molar-refractivity contribution in [2.24, 2.45) is 0 Å². The maximum Gasteiger partial charge on any atom is 0.316 e. The van der Waals surface area contributed by atoms with Gasteiger partial charge in [0.25, 0.3) is 0 Å². The summed E-state index contributed by atoms with van der Waals surface area (Å²) in [4.78, 5) is 8.71. The Morgan fingerprint density at radius 1 is 1.37 bits per heavy atom. The van der Waals surface area contributed by atoms with Crippen LogP contribution in [0.15, 0.2) is 6.20 Å². The molecule has 0 saturated carbocycles. The number of aryl methyl sites for hydroxylation is 1. The summed E-state index contributed by atoms with van der Waals surface area (Å²) in [6, 6.07) is 0.476. The van der Waals surface area contributed by atoms with E-state index in [1.807, 2.05) is 20.2 Å². The average molecular weight is 265 g/mol. The monoisotopic (exact) mass is 265 g/mol. The van der Waals surface area contributed by atoms with E-state index in [0.29, 0.717) is 6.01 Å². The lowest BCUT2D eigenvalue weighted by Crippen LogP contribution is -2.36. The fourth-order valence-electron chi connectivity index (χ4n) is 2.48. The fourth-order valence-corrected chi connectivity index (χ4v) is 2.48. The highest BCUT2D eigenvalue weighted by molar-refractivity contribution is 5.17. The van der Waals surface area contributed by atoms with Crippen molar-refractivity contribution in [2.45, 2.75) is 58.5 Å². The van der Waals surface area contributed by atoms with E-state index in [9.17, 15) is 0 Å². The van der Waals surface area contributed by atoms with Gasteiger partial charge in [-0.1, -0.05) is 0 Å². The third-order valence-electron chi connectivity index (χ3n) is 3.35. The predicted octanol–water partition coefficient (Wildman–Crippen LogP) is 1.84. The second-order valence-corrected chi connectivity index (χ2v) is 5.26. The standard InChI is InChI=1S/C14H23N3O2/c1-9-5-13(6-10(2)18-9)19-14-16-8-12(7-15-4)11(3)17-14/h8-10,13,15H,5-7H2,1-4H3. The molecule has 19 heavy (non-hydrogen) atoms. The summed E-state index contributed by atoms with van der Waals surface area (Å²) in [6.45, 7) is 6.91. The molecule has 1 aromatic rings. The Kier molecular flexibility index (Phi) is 4.71. The highest BCUT2D eigenvalue weighted by Gasteiger charge is 2.26. The molecule has 0 spiro atoms. The molecule has 1 saturated heterocycles. The van der Waals surface area contributed by atoms with Gasteiger partial charge in [0.05, 0.1) is 12.2 Å². The fraction of sp³-hybridized carbons (Fsp3) is 0.714.